The van der Waals surface area contributed by atoms with E-state index in [1.165, 1.54) is 0 Å². The molecule has 0 saturated heterocycles. The minimum Gasteiger partial charge on any atom is -0.409 e. The minimum atomic E-state index is 0.218. The van der Waals surface area contributed by atoms with E-state index in [0.717, 1.165) is 38.8 Å². The molecule has 4 N–H and O–H groups in total. The van der Waals surface area contributed by atoms with Crippen LogP contribution in [0, 0.1) is 5.41 Å². The number of rotatable bonds is 9. The van der Waals surface area contributed by atoms with Gasteiger partial charge in [0.2, 0.25) is 0 Å². The number of hydrogen-bond acceptors (Lipinski definition) is 4. The SMILES string of the molecule is CCCC(COC)NCC1(CC(N)=NO)CC1. The molecular weight excluding hydrogens is 218 g/mol. The lowest BCUT2D eigenvalue weighted by atomic mass is 10.0. The van der Waals surface area contributed by atoms with Crippen LogP contribution in [0.4, 0.5) is 0 Å². The summed E-state index contributed by atoms with van der Waals surface area (Å²) in [6, 6.07) is 0.412. The van der Waals surface area contributed by atoms with Crippen molar-refractivity contribution in [2.75, 3.05) is 20.3 Å². The molecule has 1 aliphatic rings. The Bertz CT molecular complexity index is 246. The summed E-state index contributed by atoms with van der Waals surface area (Å²) in [5.74, 6) is 0.336. The van der Waals surface area contributed by atoms with Gasteiger partial charge in [0.05, 0.1) is 6.61 Å². The van der Waals surface area contributed by atoms with E-state index in [2.05, 4.69) is 17.4 Å². The summed E-state index contributed by atoms with van der Waals surface area (Å²) in [5, 5.41) is 15.2. The molecule has 1 fully saturated rings. The van der Waals surface area contributed by atoms with Crippen LogP contribution in [0.3, 0.4) is 0 Å². The van der Waals surface area contributed by atoms with Gasteiger partial charge in [0.25, 0.3) is 0 Å². The fraction of sp³-hybridized carbons (Fsp3) is 0.917. The topological polar surface area (TPSA) is 79.9 Å². The van der Waals surface area contributed by atoms with Gasteiger partial charge in [-0.2, -0.15) is 0 Å². The molecule has 1 aliphatic carbocycles. The maximum absolute atomic E-state index is 8.59. The Labute approximate surface area is 103 Å². The molecule has 0 aromatic heterocycles. The van der Waals surface area contributed by atoms with Gasteiger partial charge in [0, 0.05) is 26.1 Å². The second kappa shape index (κ2) is 6.81. The Kier molecular flexibility index (Phi) is 5.71. The highest BCUT2D eigenvalue weighted by atomic mass is 16.5. The lowest BCUT2D eigenvalue weighted by Gasteiger charge is -2.21. The lowest BCUT2D eigenvalue weighted by Crippen LogP contribution is -2.38. The third kappa shape index (κ3) is 4.91. The monoisotopic (exact) mass is 243 g/mol. The fourth-order valence-electron chi connectivity index (χ4n) is 2.17. The Morgan fingerprint density at radius 2 is 2.29 bits per heavy atom. The van der Waals surface area contributed by atoms with Crippen LogP contribution in [0.15, 0.2) is 5.16 Å². The zero-order valence-electron chi connectivity index (χ0n) is 10.9. The molecular formula is C12H25N3O2. The van der Waals surface area contributed by atoms with Crippen LogP contribution < -0.4 is 11.1 Å². The number of amidine groups is 1. The smallest absolute Gasteiger partial charge is 0.139 e. The number of ether oxygens (including phenoxy) is 1. The van der Waals surface area contributed by atoms with Crippen molar-refractivity contribution in [1.82, 2.24) is 5.32 Å². The van der Waals surface area contributed by atoms with Gasteiger partial charge in [0.15, 0.2) is 0 Å². The van der Waals surface area contributed by atoms with Gasteiger partial charge >= 0.3 is 0 Å². The van der Waals surface area contributed by atoms with Crippen molar-refractivity contribution >= 4 is 5.84 Å². The molecule has 0 bridgehead atoms. The van der Waals surface area contributed by atoms with E-state index in [1.54, 1.807) is 7.11 Å². The summed E-state index contributed by atoms with van der Waals surface area (Å²) in [7, 11) is 1.73. The highest BCUT2D eigenvalue weighted by molar-refractivity contribution is 5.80. The van der Waals surface area contributed by atoms with E-state index in [1.807, 2.05) is 0 Å². The van der Waals surface area contributed by atoms with Crippen molar-refractivity contribution in [2.24, 2.45) is 16.3 Å². The number of nitrogens with zero attached hydrogens (tertiary/aromatic N) is 1. The average molecular weight is 243 g/mol. The maximum atomic E-state index is 8.59. The van der Waals surface area contributed by atoms with Crippen LogP contribution >= 0.6 is 0 Å². The summed E-state index contributed by atoms with van der Waals surface area (Å²) < 4.78 is 5.19. The quantitative estimate of drug-likeness (QED) is 0.247. The first-order valence-corrected chi connectivity index (χ1v) is 6.34. The van der Waals surface area contributed by atoms with Gasteiger partial charge in [-0.25, -0.2) is 0 Å². The molecule has 0 aliphatic heterocycles. The van der Waals surface area contributed by atoms with Gasteiger partial charge in [-0.1, -0.05) is 18.5 Å². The average Bonchev–Trinajstić information content (AvgIpc) is 3.07. The third-order valence-corrected chi connectivity index (χ3v) is 3.41. The molecule has 0 radical (unpaired) electrons. The molecule has 0 aromatic carbocycles. The zero-order chi connectivity index (χ0) is 12.7. The fourth-order valence-corrected chi connectivity index (χ4v) is 2.17. The van der Waals surface area contributed by atoms with E-state index in [-0.39, 0.29) is 5.41 Å². The summed E-state index contributed by atoms with van der Waals surface area (Å²) in [6.07, 6.45) is 5.26. The van der Waals surface area contributed by atoms with E-state index >= 15 is 0 Å². The van der Waals surface area contributed by atoms with Crippen LogP contribution in [-0.2, 0) is 4.74 Å². The van der Waals surface area contributed by atoms with Gasteiger partial charge in [-0.05, 0) is 24.7 Å². The molecule has 0 aromatic rings. The number of nitrogens with two attached hydrogens (primary N) is 1. The molecule has 17 heavy (non-hydrogen) atoms. The van der Waals surface area contributed by atoms with E-state index in [4.69, 9.17) is 15.7 Å². The molecule has 100 valence electrons. The molecule has 1 saturated carbocycles. The van der Waals surface area contributed by atoms with E-state index in [9.17, 15) is 0 Å². The van der Waals surface area contributed by atoms with Crippen LogP contribution in [0.2, 0.25) is 0 Å². The van der Waals surface area contributed by atoms with Crippen molar-refractivity contribution in [3.05, 3.63) is 0 Å². The summed E-state index contributed by atoms with van der Waals surface area (Å²) in [5.41, 5.74) is 5.79. The van der Waals surface area contributed by atoms with Crippen molar-refractivity contribution in [1.29, 1.82) is 0 Å². The van der Waals surface area contributed by atoms with Crippen LogP contribution in [0.25, 0.3) is 0 Å². The van der Waals surface area contributed by atoms with E-state index < -0.39 is 0 Å². The molecule has 0 heterocycles. The van der Waals surface area contributed by atoms with Crippen LogP contribution in [0.5, 0.6) is 0 Å². The number of nitrogens with one attached hydrogen (secondary N) is 1. The van der Waals surface area contributed by atoms with Crippen molar-refractivity contribution in [2.45, 2.75) is 45.1 Å². The Morgan fingerprint density at radius 3 is 2.76 bits per heavy atom. The zero-order valence-corrected chi connectivity index (χ0v) is 10.9. The lowest BCUT2D eigenvalue weighted by molar-refractivity contribution is 0.158. The largest absolute Gasteiger partial charge is 0.409 e. The maximum Gasteiger partial charge on any atom is 0.139 e. The second-order valence-electron chi connectivity index (χ2n) is 5.09. The molecule has 1 unspecified atom stereocenters. The highest BCUT2D eigenvalue weighted by Crippen LogP contribution is 2.48. The first-order valence-electron chi connectivity index (χ1n) is 6.34. The Balaban J connectivity index is 2.32. The molecule has 5 nitrogen and oxygen atoms in total. The Morgan fingerprint density at radius 1 is 1.59 bits per heavy atom. The standard InChI is InChI=1S/C12H25N3O2/c1-3-4-10(8-17-2)14-9-12(5-6-12)7-11(13)15-16/h10,14,16H,3-9H2,1-2H3,(H2,13,15). The van der Waals surface area contributed by atoms with Gasteiger partial charge in [0.1, 0.15) is 5.84 Å². The molecule has 1 atom stereocenters. The Hall–Kier alpha value is -0.810. The summed E-state index contributed by atoms with van der Waals surface area (Å²) >= 11 is 0. The predicted molar refractivity (Wildman–Crippen MR) is 68.3 cm³/mol. The number of oxime groups is 1. The van der Waals surface area contributed by atoms with Crippen molar-refractivity contribution in [3.8, 4) is 0 Å². The molecule has 5 heteroatoms. The normalized spacial score (nSPS) is 20.2. The van der Waals surface area contributed by atoms with Crippen LogP contribution in [-0.4, -0.2) is 37.3 Å². The molecule has 0 spiro atoms. The highest BCUT2D eigenvalue weighted by Gasteiger charge is 2.43. The molecule has 1 rings (SSSR count). The number of methoxy groups -OCH3 is 1. The van der Waals surface area contributed by atoms with Crippen LogP contribution in [0.1, 0.15) is 39.0 Å². The first-order chi connectivity index (χ1) is 8.15. The van der Waals surface area contributed by atoms with Gasteiger partial charge in [-0.3, -0.25) is 0 Å². The van der Waals surface area contributed by atoms with E-state index in [0.29, 0.717) is 18.3 Å². The summed E-state index contributed by atoms with van der Waals surface area (Å²) in [6.45, 7) is 3.85. The van der Waals surface area contributed by atoms with Gasteiger partial charge < -0.3 is 21.0 Å². The van der Waals surface area contributed by atoms with Crippen molar-refractivity contribution < 1.29 is 9.94 Å². The van der Waals surface area contributed by atoms with Crippen molar-refractivity contribution in [3.63, 3.8) is 0 Å². The predicted octanol–water partition coefficient (Wildman–Crippen LogP) is 1.31. The number of hydrogen-bond donors (Lipinski definition) is 3. The van der Waals surface area contributed by atoms with Gasteiger partial charge in [-0.15, -0.1) is 0 Å². The first kappa shape index (κ1) is 14.3. The molecule has 0 amide bonds. The summed E-state index contributed by atoms with van der Waals surface area (Å²) in [4.78, 5) is 0. The minimum absolute atomic E-state index is 0.218. The third-order valence-electron chi connectivity index (χ3n) is 3.41. The second-order valence-corrected chi connectivity index (χ2v) is 5.09.